The average molecular weight is 537 g/mol. The standard InChI is InChI=1S/C29H36N4O4S/c1-3-28(29(34)31-23-7-5-4-6-8-23)30-24-17-19-33(20-18-24)21-22-9-13-26(14-10-22)37-27-15-11-25(12-16-27)32-38(2,35)36/h4-16,24,28,30,32H,3,17-21H2,1-2H3,(H,31,34). The van der Waals surface area contributed by atoms with Crippen LogP contribution in [0.4, 0.5) is 11.4 Å². The Bertz CT molecular complexity index is 1270. The Kier molecular flexibility index (Phi) is 9.38. The van der Waals surface area contributed by atoms with Gasteiger partial charge in [-0.05, 0) is 86.4 Å². The average Bonchev–Trinajstić information content (AvgIpc) is 2.90. The number of amides is 1. The van der Waals surface area contributed by atoms with Crippen LogP contribution in [-0.4, -0.2) is 50.7 Å². The van der Waals surface area contributed by atoms with E-state index in [0.717, 1.165) is 56.6 Å². The molecule has 0 radical (unpaired) electrons. The Balaban J connectivity index is 1.21. The molecular weight excluding hydrogens is 500 g/mol. The topological polar surface area (TPSA) is 99.8 Å². The highest BCUT2D eigenvalue weighted by Gasteiger charge is 2.24. The zero-order valence-corrected chi connectivity index (χ0v) is 22.7. The summed E-state index contributed by atoms with van der Waals surface area (Å²) in [5, 5.41) is 6.57. The number of para-hydroxylation sites is 1. The molecule has 1 aliphatic heterocycles. The van der Waals surface area contributed by atoms with Crippen LogP contribution < -0.4 is 20.1 Å². The summed E-state index contributed by atoms with van der Waals surface area (Å²) in [7, 11) is -3.30. The van der Waals surface area contributed by atoms with E-state index in [1.807, 2.05) is 49.4 Å². The zero-order valence-electron chi connectivity index (χ0n) is 21.9. The van der Waals surface area contributed by atoms with Gasteiger partial charge < -0.3 is 15.4 Å². The minimum atomic E-state index is -3.30. The van der Waals surface area contributed by atoms with Crippen molar-refractivity contribution in [1.82, 2.24) is 10.2 Å². The highest BCUT2D eigenvalue weighted by molar-refractivity contribution is 7.92. The summed E-state index contributed by atoms with van der Waals surface area (Å²) in [4.78, 5) is 15.1. The van der Waals surface area contributed by atoms with Crippen LogP contribution in [0.2, 0.25) is 0 Å². The van der Waals surface area contributed by atoms with Crippen LogP contribution in [0.15, 0.2) is 78.9 Å². The number of hydrogen-bond donors (Lipinski definition) is 3. The SMILES string of the molecule is CCC(NC1CCN(Cc2ccc(Oc3ccc(NS(C)(=O)=O)cc3)cc2)CC1)C(=O)Nc1ccccc1. The maximum atomic E-state index is 12.7. The summed E-state index contributed by atoms with van der Waals surface area (Å²) in [6.45, 7) is 4.85. The van der Waals surface area contributed by atoms with Gasteiger partial charge in [-0.2, -0.15) is 0 Å². The Labute approximate surface area is 225 Å². The second-order valence-corrected chi connectivity index (χ2v) is 11.4. The van der Waals surface area contributed by atoms with Crippen LogP contribution in [0.3, 0.4) is 0 Å². The predicted octanol–water partition coefficient (Wildman–Crippen LogP) is 4.82. The lowest BCUT2D eigenvalue weighted by Crippen LogP contribution is -2.49. The van der Waals surface area contributed by atoms with E-state index in [2.05, 4.69) is 32.4 Å². The molecule has 1 amide bonds. The number of ether oxygens (including phenoxy) is 1. The highest BCUT2D eigenvalue weighted by Crippen LogP contribution is 2.24. The lowest BCUT2D eigenvalue weighted by molar-refractivity contribution is -0.118. The molecule has 0 spiro atoms. The van der Waals surface area contributed by atoms with Gasteiger partial charge in [0.2, 0.25) is 15.9 Å². The fraction of sp³-hybridized carbons (Fsp3) is 0.345. The molecule has 1 unspecified atom stereocenters. The third kappa shape index (κ3) is 8.58. The van der Waals surface area contributed by atoms with Crippen molar-refractivity contribution in [2.75, 3.05) is 29.4 Å². The van der Waals surface area contributed by atoms with E-state index in [9.17, 15) is 13.2 Å². The highest BCUT2D eigenvalue weighted by atomic mass is 32.2. The largest absolute Gasteiger partial charge is 0.457 e. The van der Waals surface area contributed by atoms with E-state index in [-0.39, 0.29) is 11.9 Å². The number of anilines is 2. The summed E-state index contributed by atoms with van der Waals surface area (Å²) < 4.78 is 31.0. The molecule has 3 N–H and O–H groups in total. The maximum absolute atomic E-state index is 12.7. The van der Waals surface area contributed by atoms with Gasteiger partial charge in [-0.1, -0.05) is 37.3 Å². The molecule has 38 heavy (non-hydrogen) atoms. The first-order valence-electron chi connectivity index (χ1n) is 13.0. The molecule has 4 rings (SSSR count). The lowest BCUT2D eigenvalue weighted by atomic mass is 10.0. The van der Waals surface area contributed by atoms with Gasteiger partial charge in [0, 0.05) is 24.0 Å². The molecule has 0 saturated carbocycles. The molecule has 1 fully saturated rings. The van der Waals surface area contributed by atoms with Gasteiger partial charge in [-0.3, -0.25) is 14.4 Å². The summed E-state index contributed by atoms with van der Waals surface area (Å²) in [5.41, 5.74) is 2.53. The second kappa shape index (κ2) is 12.9. The zero-order chi connectivity index (χ0) is 27.0. The number of carbonyl (C=O) groups is 1. The third-order valence-corrected chi connectivity index (χ3v) is 7.12. The van der Waals surface area contributed by atoms with E-state index < -0.39 is 10.0 Å². The normalized spacial score (nSPS) is 15.5. The predicted molar refractivity (Wildman–Crippen MR) is 152 cm³/mol. The molecule has 0 aromatic heterocycles. The Morgan fingerprint density at radius 2 is 1.53 bits per heavy atom. The molecule has 3 aromatic carbocycles. The minimum absolute atomic E-state index is 0.0185. The number of piperidine rings is 1. The van der Waals surface area contributed by atoms with Crippen LogP contribution in [-0.2, 0) is 21.4 Å². The third-order valence-electron chi connectivity index (χ3n) is 6.51. The van der Waals surface area contributed by atoms with Gasteiger partial charge in [-0.25, -0.2) is 8.42 Å². The van der Waals surface area contributed by atoms with E-state index >= 15 is 0 Å². The van der Waals surface area contributed by atoms with Crippen molar-refractivity contribution < 1.29 is 17.9 Å². The molecule has 1 aliphatic rings. The monoisotopic (exact) mass is 536 g/mol. The van der Waals surface area contributed by atoms with E-state index in [1.54, 1.807) is 24.3 Å². The lowest BCUT2D eigenvalue weighted by Gasteiger charge is -2.34. The van der Waals surface area contributed by atoms with Crippen molar-refractivity contribution in [2.24, 2.45) is 0 Å². The van der Waals surface area contributed by atoms with Crippen molar-refractivity contribution in [3.05, 3.63) is 84.4 Å². The van der Waals surface area contributed by atoms with Crippen molar-refractivity contribution >= 4 is 27.3 Å². The maximum Gasteiger partial charge on any atom is 0.241 e. The van der Waals surface area contributed by atoms with Gasteiger partial charge in [0.25, 0.3) is 0 Å². The number of carbonyl (C=O) groups excluding carboxylic acids is 1. The van der Waals surface area contributed by atoms with E-state index in [4.69, 9.17) is 4.74 Å². The van der Waals surface area contributed by atoms with Crippen LogP contribution in [0, 0.1) is 0 Å². The van der Waals surface area contributed by atoms with Crippen molar-refractivity contribution in [1.29, 1.82) is 0 Å². The molecule has 1 heterocycles. The van der Waals surface area contributed by atoms with Crippen LogP contribution in [0.1, 0.15) is 31.7 Å². The number of hydrogen-bond acceptors (Lipinski definition) is 6. The summed E-state index contributed by atoms with van der Waals surface area (Å²) in [6, 6.07) is 24.5. The molecule has 8 nitrogen and oxygen atoms in total. The number of likely N-dealkylation sites (tertiary alicyclic amines) is 1. The number of rotatable bonds is 11. The van der Waals surface area contributed by atoms with Gasteiger partial charge in [0.05, 0.1) is 12.3 Å². The van der Waals surface area contributed by atoms with Gasteiger partial charge in [0.1, 0.15) is 11.5 Å². The summed E-state index contributed by atoms with van der Waals surface area (Å²) in [6.07, 6.45) is 3.87. The molecule has 3 aromatic rings. The number of nitrogens with one attached hydrogen (secondary N) is 3. The molecule has 1 saturated heterocycles. The summed E-state index contributed by atoms with van der Waals surface area (Å²) in [5.74, 6) is 1.37. The van der Waals surface area contributed by atoms with E-state index in [0.29, 0.717) is 17.5 Å². The van der Waals surface area contributed by atoms with E-state index in [1.165, 1.54) is 5.56 Å². The molecule has 0 bridgehead atoms. The smallest absolute Gasteiger partial charge is 0.241 e. The molecule has 202 valence electrons. The van der Waals surface area contributed by atoms with Crippen molar-refractivity contribution in [2.45, 2.75) is 44.8 Å². The molecular formula is C29H36N4O4S. The fourth-order valence-corrected chi connectivity index (χ4v) is 5.10. The van der Waals surface area contributed by atoms with Gasteiger partial charge >= 0.3 is 0 Å². The van der Waals surface area contributed by atoms with Crippen molar-refractivity contribution in [3.63, 3.8) is 0 Å². The number of benzene rings is 3. The van der Waals surface area contributed by atoms with Crippen LogP contribution in [0.5, 0.6) is 11.5 Å². The summed E-state index contributed by atoms with van der Waals surface area (Å²) >= 11 is 0. The number of sulfonamides is 1. The van der Waals surface area contributed by atoms with Crippen LogP contribution in [0.25, 0.3) is 0 Å². The molecule has 0 aliphatic carbocycles. The Morgan fingerprint density at radius 1 is 0.921 bits per heavy atom. The first-order valence-corrected chi connectivity index (χ1v) is 14.9. The Hall–Kier alpha value is -3.40. The van der Waals surface area contributed by atoms with Gasteiger partial charge in [-0.15, -0.1) is 0 Å². The molecule has 9 heteroatoms. The van der Waals surface area contributed by atoms with Gasteiger partial charge in [0.15, 0.2) is 0 Å². The molecule has 1 atom stereocenters. The quantitative estimate of drug-likeness (QED) is 0.325. The van der Waals surface area contributed by atoms with Crippen LogP contribution >= 0.6 is 0 Å². The number of nitrogens with zero attached hydrogens (tertiary/aromatic N) is 1. The minimum Gasteiger partial charge on any atom is -0.457 e. The Morgan fingerprint density at radius 3 is 2.11 bits per heavy atom. The van der Waals surface area contributed by atoms with Crippen molar-refractivity contribution in [3.8, 4) is 11.5 Å². The first-order chi connectivity index (χ1) is 18.3. The first kappa shape index (κ1) is 27.6. The fourth-order valence-electron chi connectivity index (χ4n) is 4.53. The second-order valence-electron chi connectivity index (χ2n) is 9.68.